The molecule has 1 aromatic rings. The van der Waals surface area contributed by atoms with Crippen molar-refractivity contribution in [1.29, 1.82) is 0 Å². The lowest BCUT2D eigenvalue weighted by Crippen LogP contribution is -2.54. The molecule has 4 atom stereocenters. The molecule has 2 amide bonds. The second kappa shape index (κ2) is 7.39. The molecular formula is C22H28N2O4. The maximum absolute atomic E-state index is 13.3. The Morgan fingerprint density at radius 3 is 2.64 bits per heavy atom. The summed E-state index contributed by atoms with van der Waals surface area (Å²) < 4.78 is 11.4. The Labute approximate surface area is 165 Å². The molecule has 2 aliphatic heterocycles. The molecule has 2 aliphatic carbocycles. The standard InChI is InChI=1S/C22H28N2O4/c25-21(13-17-12-15-5-6-16(17)11-15)24-14-20(22(26)23-7-9-27-10-8-23)28-19-4-2-1-3-18(19)24/h1-4,15-17,20H,5-14H2/t15-,16-,17-,20+/m0/s1. The summed E-state index contributed by atoms with van der Waals surface area (Å²) in [5.41, 5.74) is 0.793. The largest absolute Gasteiger partial charge is 0.476 e. The second-order valence-corrected chi connectivity index (χ2v) is 8.66. The summed E-state index contributed by atoms with van der Waals surface area (Å²) in [4.78, 5) is 29.8. The molecule has 28 heavy (non-hydrogen) atoms. The van der Waals surface area contributed by atoms with Crippen molar-refractivity contribution in [1.82, 2.24) is 4.90 Å². The highest BCUT2D eigenvalue weighted by atomic mass is 16.5. The second-order valence-electron chi connectivity index (χ2n) is 8.66. The Bertz CT molecular complexity index is 761. The Balaban J connectivity index is 1.33. The molecule has 2 saturated carbocycles. The molecule has 0 unspecified atom stereocenters. The number of fused-ring (bicyclic) bond motifs is 3. The van der Waals surface area contributed by atoms with Gasteiger partial charge in [-0.3, -0.25) is 9.59 Å². The average Bonchev–Trinajstić information content (AvgIpc) is 3.36. The van der Waals surface area contributed by atoms with Crippen LogP contribution in [0.15, 0.2) is 24.3 Å². The average molecular weight is 384 g/mol. The van der Waals surface area contributed by atoms with Gasteiger partial charge in [-0.15, -0.1) is 0 Å². The number of carbonyl (C=O) groups is 2. The first-order chi connectivity index (χ1) is 13.7. The van der Waals surface area contributed by atoms with Crippen molar-refractivity contribution in [2.75, 3.05) is 37.7 Å². The highest BCUT2D eigenvalue weighted by molar-refractivity contribution is 5.97. The van der Waals surface area contributed by atoms with Crippen LogP contribution in [0.4, 0.5) is 5.69 Å². The van der Waals surface area contributed by atoms with Crippen molar-refractivity contribution < 1.29 is 19.1 Å². The van der Waals surface area contributed by atoms with Crippen LogP contribution in [0, 0.1) is 17.8 Å². The van der Waals surface area contributed by atoms with Gasteiger partial charge in [0.05, 0.1) is 25.4 Å². The van der Waals surface area contributed by atoms with Gasteiger partial charge in [-0.2, -0.15) is 0 Å². The summed E-state index contributed by atoms with van der Waals surface area (Å²) in [7, 11) is 0. The summed E-state index contributed by atoms with van der Waals surface area (Å²) in [5.74, 6) is 2.77. The molecule has 150 valence electrons. The zero-order chi connectivity index (χ0) is 19.1. The number of nitrogens with zero attached hydrogens (tertiary/aromatic N) is 2. The third kappa shape index (κ3) is 3.28. The quantitative estimate of drug-likeness (QED) is 0.803. The number of hydrogen-bond acceptors (Lipinski definition) is 4. The van der Waals surface area contributed by atoms with Crippen LogP contribution in [-0.2, 0) is 14.3 Å². The van der Waals surface area contributed by atoms with Crippen LogP contribution in [0.3, 0.4) is 0 Å². The summed E-state index contributed by atoms with van der Waals surface area (Å²) >= 11 is 0. The number of rotatable bonds is 3. The summed E-state index contributed by atoms with van der Waals surface area (Å²) in [6, 6.07) is 7.58. The zero-order valence-corrected chi connectivity index (χ0v) is 16.2. The Hall–Kier alpha value is -2.08. The van der Waals surface area contributed by atoms with Gasteiger partial charge in [-0.25, -0.2) is 0 Å². The molecule has 2 bridgehead atoms. The van der Waals surface area contributed by atoms with Gasteiger partial charge >= 0.3 is 0 Å². The molecule has 2 heterocycles. The van der Waals surface area contributed by atoms with Gasteiger partial charge in [0.15, 0.2) is 6.10 Å². The van der Waals surface area contributed by atoms with Crippen LogP contribution in [0.25, 0.3) is 0 Å². The number of benzene rings is 1. The predicted molar refractivity (Wildman–Crippen MR) is 104 cm³/mol. The molecule has 0 aromatic heterocycles. The van der Waals surface area contributed by atoms with E-state index >= 15 is 0 Å². The molecular weight excluding hydrogens is 356 g/mol. The van der Waals surface area contributed by atoms with Crippen molar-refractivity contribution >= 4 is 17.5 Å². The van der Waals surface area contributed by atoms with Gasteiger partial charge in [0, 0.05) is 19.5 Å². The molecule has 6 heteroatoms. The highest BCUT2D eigenvalue weighted by Crippen LogP contribution is 2.50. The fraction of sp³-hybridized carbons (Fsp3) is 0.636. The van der Waals surface area contributed by atoms with Crippen molar-refractivity contribution in [3.8, 4) is 5.75 Å². The Morgan fingerprint density at radius 1 is 1.07 bits per heavy atom. The van der Waals surface area contributed by atoms with E-state index in [9.17, 15) is 9.59 Å². The lowest BCUT2D eigenvalue weighted by molar-refractivity contribution is -0.142. The minimum absolute atomic E-state index is 0.0458. The number of ether oxygens (including phenoxy) is 2. The van der Waals surface area contributed by atoms with Crippen LogP contribution in [0.1, 0.15) is 32.1 Å². The molecule has 3 fully saturated rings. The van der Waals surface area contributed by atoms with E-state index in [-0.39, 0.29) is 11.8 Å². The Kier molecular flexibility index (Phi) is 4.75. The van der Waals surface area contributed by atoms with Crippen LogP contribution in [-0.4, -0.2) is 55.7 Å². The molecule has 4 aliphatic rings. The molecule has 0 spiro atoms. The van der Waals surface area contributed by atoms with Crippen LogP contribution in [0.2, 0.25) is 0 Å². The first-order valence-corrected chi connectivity index (χ1v) is 10.6. The topological polar surface area (TPSA) is 59.1 Å². The third-order valence-electron chi connectivity index (χ3n) is 6.99. The smallest absolute Gasteiger partial charge is 0.265 e. The SMILES string of the molecule is O=C([C@H]1CN(C(=O)C[C@@H]2C[C@H]3CC[C@H]2C3)c2ccccc2O1)N1CCOCC1. The monoisotopic (exact) mass is 384 g/mol. The summed E-state index contributed by atoms with van der Waals surface area (Å²) in [6.07, 6.45) is 5.06. The third-order valence-corrected chi connectivity index (χ3v) is 6.99. The lowest BCUT2D eigenvalue weighted by atomic mass is 9.86. The van der Waals surface area contributed by atoms with E-state index < -0.39 is 6.10 Å². The molecule has 5 rings (SSSR count). The number of para-hydroxylation sites is 2. The first-order valence-electron chi connectivity index (χ1n) is 10.6. The van der Waals surface area contributed by atoms with Crippen LogP contribution < -0.4 is 9.64 Å². The maximum Gasteiger partial charge on any atom is 0.265 e. The van der Waals surface area contributed by atoms with E-state index in [0.29, 0.717) is 50.9 Å². The number of hydrogen-bond donors (Lipinski definition) is 0. The van der Waals surface area contributed by atoms with Gasteiger partial charge < -0.3 is 19.3 Å². The van der Waals surface area contributed by atoms with Crippen LogP contribution in [0.5, 0.6) is 5.75 Å². The molecule has 0 radical (unpaired) electrons. The first kappa shape index (κ1) is 18.0. The lowest BCUT2D eigenvalue weighted by Gasteiger charge is -2.38. The van der Waals surface area contributed by atoms with Gasteiger partial charge in [0.1, 0.15) is 5.75 Å². The van der Waals surface area contributed by atoms with E-state index in [1.807, 2.05) is 24.3 Å². The van der Waals surface area contributed by atoms with Crippen molar-refractivity contribution in [3.05, 3.63) is 24.3 Å². The Morgan fingerprint density at radius 2 is 1.89 bits per heavy atom. The number of morpholine rings is 1. The number of amides is 2. The van der Waals surface area contributed by atoms with Crippen LogP contribution >= 0.6 is 0 Å². The molecule has 1 saturated heterocycles. The van der Waals surface area contributed by atoms with Gasteiger partial charge in [0.25, 0.3) is 5.91 Å². The van der Waals surface area contributed by atoms with E-state index in [1.165, 1.54) is 25.7 Å². The van der Waals surface area contributed by atoms with E-state index in [0.717, 1.165) is 17.5 Å². The van der Waals surface area contributed by atoms with Crippen molar-refractivity contribution in [2.24, 2.45) is 17.8 Å². The normalized spacial score (nSPS) is 31.4. The molecule has 0 N–H and O–H groups in total. The zero-order valence-electron chi connectivity index (χ0n) is 16.2. The maximum atomic E-state index is 13.3. The van der Waals surface area contributed by atoms with Gasteiger partial charge in [-0.05, 0) is 49.1 Å². The number of anilines is 1. The number of carbonyl (C=O) groups excluding carboxylic acids is 2. The molecule has 1 aromatic carbocycles. The van der Waals surface area contributed by atoms with Crippen molar-refractivity contribution in [2.45, 2.75) is 38.2 Å². The van der Waals surface area contributed by atoms with Gasteiger partial charge in [-0.1, -0.05) is 18.6 Å². The summed E-state index contributed by atoms with van der Waals surface area (Å²) in [6.45, 7) is 2.58. The predicted octanol–water partition coefficient (Wildman–Crippen LogP) is 2.47. The van der Waals surface area contributed by atoms with E-state index in [2.05, 4.69) is 0 Å². The van der Waals surface area contributed by atoms with Crippen molar-refractivity contribution in [3.63, 3.8) is 0 Å². The fourth-order valence-electron chi connectivity index (χ4n) is 5.55. The molecule has 6 nitrogen and oxygen atoms in total. The summed E-state index contributed by atoms with van der Waals surface area (Å²) in [5, 5.41) is 0. The minimum atomic E-state index is -0.642. The van der Waals surface area contributed by atoms with E-state index in [1.54, 1.807) is 9.80 Å². The fourth-order valence-corrected chi connectivity index (χ4v) is 5.55. The minimum Gasteiger partial charge on any atom is -0.476 e. The highest BCUT2D eigenvalue weighted by Gasteiger charge is 2.42. The van der Waals surface area contributed by atoms with Gasteiger partial charge in [0.2, 0.25) is 5.91 Å². The van der Waals surface area contributed by atoms with E-state index in [4.69, 9.17) is 9.47 Å².